The summed E-state index contributed by atoms with van der Waals surface area (Å²) in [7, 11) is 0. The minimum atomic E-state index is -0.516. The summed E-state index contributed by atoms with van der Waals surface area (Å²) in [4.78, 5) is 11.6. The first-order chi connectivity index (χ1) is 8.92. The fourth-order valence-corrected chi connectivity index (χ4v) is 1.43. The summed E-state index contributed by atoms with van der Waals surface area (Å²) in [5.41, 5.74) is 0.136. The lowest BCUT2D eigenvalue weighted by atomic mass is 10.2. The van der Waals surface area contributed by atoms with Crippen LogP contribution in [0.1, 0.15) is 34.1 Å². The number of amides is 2. The number of halogens is 1. The van der Waals surface area contributed by atoms with E-state index in [1.807, 2.05) is 27.7 Å². The summed E-state index contributed by atoms with van der Waals surface area (Å²) in [5, 5.41) is 5.18. The van der Waals surface area contributed by atoms with Crippen molar-refractivity contribution in [1.29, 1.82) is 0 Å². The van der Waals surface area contributed by atoms with E-state index in [0.717, 1.165) is 6.42 Å². The van der Waals surface area contributed by atoms with Gasteiger partial charge in [0.15, 0.2) is 0 Å². The van der Waals surface area contributed by atoms with Crippen molar-refractivity contribution in [2.24, 2.45) is 0 Å². The van der Waals surface area contributed by atoms with Crippen LogP contribution in [0.2, 0.25) is 0 Å². The Labute approximate surface area is 113 Å². The maximum absolute atomic E-state index is 13.8. The second-order valence-electron chi connectivity index (χ2n) is 4.72. The maximum Gasteiger partial charge on any atom is 0.319 e. The molecule has 1 aromatic rings. The van der Waals surface area contributed by atoms with Crippen LogP contribution in [0.25, 0.3) is 0 Å². The number of rotatable bonds is 5. The average Bonchev–Trinajstić information content (AvgIpc) is 2.31. The van der Waals surface area contributed by atoms with E-state index < -0.39 is 11.8 Å². The van der Waals surface area contributed by atoms with Gasteiger partial charge in [-0.3, -0.25) is 0 Å². The van der Waals surface area contributed by atoms with Gasteiger partial charge in [-0.2, -0.15) is 0 Å². The van der Waals surface area contributed by atoms with Gasteiger partial charge in [0.2, 0.25) is 0 Å². The van der Waals surface area contributed by atoms with Gasteiger partial charge in [-0.05, 0) is 39.3 Å². The van der Waals surface area contributed by atoms with Crippen molar-refractivity contribution in [2.45, 2.75) is 46.3 Å². The van der Waals surface area contributed by atoms with Gasteiger partial charge in [-0.15, -0.1) is 0 Å². The number of anilines is 1. The predicted octanol–water partition coefficient (Wildman–Crippen LogP) is 3.53. The molecule has 0 aromatic heterocycles. The largest absolute Gasteiger partial charge is 0.491 e. The average molecular weight is 268 g/mol. The molecule has 0 aliphatic rings. The summed E-state index contributed by atoms with van der Waals surface area (Å²) in [6.45, 7) is 7.58. The van der Waals surface area contributed by atoms with Crippen molar-refractivity contribution in [3.63, 3.8) is 0 Å². The predicted molar refractivity (Wildman–Crippen MR) is 74.1 cm³/mol. The normalized spacial score (nSPS) is 12.1. The highest BCUT2D eigenvalue weighted by Gasteiger charge is 2.10. The fourth-order valence-electron chi connectivity index (χ4n) is 1.43. The second kappa shape index (κ2) is 6.97. The van der Waals surface area contributed by atoms with Gasteiger partial charge in [-0.1, -0.05) is 6.92 Å². The van der Waals surface area contributed by atoms with Crippen molar-refractivity contribution in [3.8, 4) is 5.75 Å². The number of hydrogen-bond donors (Lipinski definition) is 2. The molecule has 0 bridgehead atoms. The van der Waals surface area contributed by atoms with E-state index in [0.29, 0.717) is 5.75 Å². The van der Waals surface area contributed by atoms with Gasteiger partial charge in [0.25, 0.3) is 0 Å². The number of hydrogen-bond acceptors (Lipinski definition) is 2. The quantitative estimate of drug-likeness (QED) is 0.858. The molecule has 0 fully saturated rings. The van der Waals surface area contributed by atoms with Crippen LogP contribution in [0.15, 0.2) is 18.2 Å². The van der Waals surface area contributed by atoms with E-state index >= 15 is 0 Å². The second-order valence-corrected chi connectivity index (χ2v) is 4.72. The molecule has 1 unspecified atom stereocenters. The van der Waals surface area contributed by atoms with Gasteiger partial charge in [0, 0.05) is 12.1 Å². The number of nitrogens with one attached hydrogen (secondary N) is 2. The van der Waals surface area contributed by atoms with Crippen LogP contribution >= 0.6 is 0 Å². The van der Waals surface area contributed by atoms with E-state index in [9.17, 15) is 9.18 Å². The zero-order valence-corrected chi connectivity index (χ0v) is 11.8. The van der Waals surface area contributed by atoms with Crippen molar-refractivity contribution < 1.29 is 13.9 Å². The highest BCUT2D eigenvalue weighted by atomic mass is 19.1. The van der Waals surface area contributed by atoms with E-state index in [-0.39, 0.29) is 17.8 Å². The number of carbonyl (C=O) groups is 1. The highest BCUT2D eigenvalue weighted by molar-refractivity contribution is 5.89. The Kier molecular flexibility index (Phi) is 5.60. The van der Waals surface area contributed by atoms with E-state index in [1.54, 1.807) is 6.07 Å². The van der Waals surface area contributed by atoms with Crippen LogP contribution in [0.3, 0.4) is 0 Å². The minimum absolute atomic E-state index is 0.0214. The number of ether oxygens (including phenoxy) is 1. The molecule has 106 valence electrons. The molecule has 0 aliphatic carbocycles. The van der Waals surface area contributed by atoms with Crippen molar-refractivity contribution in [1.82, 2.24) is 5.32 Å². The molecule has 4 nitrogen and oxygen atoms in total. The first-order valence-electron chi connectivity index (χ1n) is 6.46. The zero-order chi connectivity index (χ0) is 14.4. The summed E-state index contributed by atoms with van der Waals surface area (Å²) in [5.74, 6) is -0.0714. The molecule has 0 radical (unpaired) electrons. The molecule has 0 saturated heterocycles. The minimum Gasteiger partial charge on any atom is -0.491 e. The molecular weight excluding hydrogens is 247 g/mol. The van der Waals surface area contributed by atoms with E-state index in [2.05, 4.69) is 10.6 Å². The standard InChI is InChI=1S/C14H21FN2O2/c1-5-10(4)16-14(18)17-13-7-6-11(8-12(13)15)19-9(2)3/h6-10H,5H2,1-4H3,(H2,16,17,18). The molecule has 0 aliphatic heterocycles. The van der Waals surface area contributed by atoms with Gasteiger partial charge < -0.3 is 15.4 Å². The molecule has 5 heteroatoms. The van der Waals surface area contributed by atoms with Crippen LogP contribution in [-0.2, 0) is 0 Å². The maximum atomic E-state index is 13.8. The van der Waals surface area contributed by atoms with Gasteiger partial charge in [0.05, 0.1) is 11.8 Å². The Hall–Kier alpha value is -1.78. The first kappa shape index (κ1) is 15.3. The third kappa shape index (κ3) is 5.16. The first-order valence-corrected chi connectivity index (χ1v) is 6.46. The third-order valence-electron chi connectivity index (χ3n) is 2.55. The van der Waals surface area contributed by atoms with Gasteiger partial charge >= 0.3 is 6.03 Å². The lowest BCUT2D eigenvalue weighted by molar-refractivity contribution is 0.241. The summed E-state index contributed by atoms with van der Waals surface area (Å²) in [6, 6.07) is 4.02. The van der Waals surface area contributed by atoms with Gasteiger partial charge in [-0.25, -0.2) is 9.18 Å². The molecule has 0 spiro atoms. The molecule has 1 aromatic carbocycles. The molecule has 1 atom stereocenters. The molecular formula is C14H21FN2O2. The zero-order valence-electron chi connectivity index (χ0n) is 11.8. The number of carbonyl (C=O) groups excluding carboxylic acids is 1. The monoisotopic (exact) mass is 268 g/mol. The fraction of sp³-hybridized carbons (Fsp3) is 0.500. The molecule has 1 rings (SSSR count). The van der Waals surface area contributed by atoms with Crippen molar-refractivity contribution in [3.05, 3.63) is 24.0 Å². The summed E-state index contributed by atoms with van der Waals surface area (Å²) < 4.78 is 19.1. The highest BCUT2D eigenvalue weighted by Crippen LogP contribution is 2.21. The topological polar surface area (TPSA) is 50.4 Å². The van der Waals surface area contributed by atoms with E-state index in [4.69, 9.17) is 4.74 Å². The van der Waals surface area contributed by atoms with Crippen LogP contribution in [-0.4, -0.2) is 18.2 Å². The summed E-state index contributed by atoms with van der Waals surface area (Å²) >= 11 is 0. The van der Waals surface area contributed by atoms with Crippen LogP contribution < -0.4 is 15.4 Å². The smallest absolute Gasteiger partial charge is 0.319 e. The SMILES string of the molecule is CCC(C)NC(=O)Nc1ccc(OC(C)C)cc1F. The molecule has 0 heterocycles. The molecule has 0 saturated carbocycles. The Morgan fingerprint density at radius 1 is 1.37 bits per heavy atom. The van der Waals surface area contributed by atoms with Crippen LogP contribution in [0.4, 0.5) is 14.9 Å². The summed E-state index contributed by atoms with van der Waals surface area (Å²) in [6.07, 6.45) is 0.795. The Morgan fingerprint density at radius 3 is 2.58 bits per heavy atom. The van der Waals surface area contributed by atoms with Gasteiger partial charge in [0.1, 0.15) is 11.6 Å². The Bertz CT molecular complexity index is 435. The van der Waals surface area contributed by atoms with E-state index in [1.165, 1.54) is 12.1 Å². The number of urea groups is 1. The van der Waals surface area contributed by atoms with Crippen molar-refractivity contribution >= 4 is 11.7 Å². The Balaban J connectivity index is 2.67. The Morgan fingerprint density at radius 2 is 2.05 bits per heavy atom. The van der Waals surface area contributed by atoms with Crippen LogP contribution in [0.5, 0.6) is 5.75 Å². The molecule has 2 N–H and O–H groups in total. The molecule has 2 amide bonds. The lowest BCUT2D eigenvalue weighted by Gasteiger charge is -2.14. The van der Waals surface area contributed by atoms with Crippen molar-refractivity contribution in [2.75, 3.05) is 5.32 Å². The van der Waals surface area contributed by atoms with Crippen LogP contribution in [0, 0.1) is 5.82 Å². The molecule has 19 heavy (non-hydrogen) atoms. The lowest BCUT2D eigenvalue weighted by Crippen LogP contribution is -2.35. The third-order valence-corrected chi connectivity index (χ3v) is 2.55. The number of benzene rings is 1.